The van der Waals surface area contributed by atoms with Crippen LogP contribution in [-0.4, -0.2) is 17.7 Å². The quantitative estimate of drug-likeness (QED) is 0.408. The molecule has 2 bridgehead atoms. The van der Waals surface area contributed by atoms with E-state index in [4.69, 9.17) is 4.74 Å². The summed E-state index contributed by atoms with van der Waals surface area (Å²) in [7, 11) is -0.586. The molecule has 0 aromatic rings. The highest BCUT2D eigenvalue weighted by Crippen LogP contribution is 2.53. The Hall–Kier alpha value is -0.690. The van der Waals surface area contributed by atoms with E-state index in [0.717, 1.165) is 6.42 Å². The van der Waals surface area contributed by atoms with Gasteiger partial charge in [0.2, 0.25) is 0 Å². The molecule has 0 aromatic heterocycles. The summed E-state index contributed by atoms with van der Waals surface area (Å²) < 4.78 is 16.3. The van der Waals surface area contributed by atoms with Crippen molar-refractivity contribution in [2.24, 2.45) is 11.8 Å². The Balaban J connectivity index is 2.23. The van der Waals surface area contributed by atoms with Crippen LogP contribution in [0.2, 0.25) is 0 Å². The second kappa shape index (κ2) is 3.47. The summed E-state index contributed by atoms with van der Waals surface area (Å²) in [6.07, 6.45) is 5.82. The topological polar surface area (TPSA) is 43.4 Å². The van der Waals surface area contributed by atoms with Gasteiger partial charge in [-0.15, -0.1) is 0 Å². The second-order valence-corrected chi connectivity index (χ2v) is 5.08. The first-order valence-electron chi connectivity index (χ1n) is 4.98. The van der Waals surface area contributed by atoms with Crippen molar-refractivity contribution in [3.05, 3.63) is 12.2 Å². The molecule has 0 aliphatic heterocycles. The number of hydrogen-bond donors (Lipinski definition) is 0. The number of hydrogen-bond acceptors (Lipinski definition) is 3. The normalized spacial score (nSPS) is 39.2. The fourth-order valence-corrected chi connectivity index (χ4v) is 3.38. The third-order valence-corrected chi connectivity index (χ3v) is 4.35. The lowest BCUT2D eigenvalue weighted by Gasteiger charge is -2.19. The van der Waals surface area contributed by atoms with Gasteiger partial charge in [0.05, 0.1) is 6.61 Å². The molecule has 2 aliphatic rings. The summed E-state index contributed by atoms with van der Waals surface area (Å²) in [5.41, 5.74) is 0. The van der Waals surface area contributed by atoms with Gasteiger partial charge < -0.3 is 4.74 Å². The molecule has 0 heterocycles. The van der Waals surface area contributed by atoms with E-state index in [9.17, 15) is 9.36 Å². The Kier molecular flexibility index (Phi) is 2.44. The molecular formula is C10H14O3P+. The van der Waals surface area contributed by atoms with Gasteiger partial charge in [-0.05, 0) is 19.3 Å². The monoisotopic (exact) mass is 213 g/mol. The summed E-state index contributed by atoms with van der Waals surface area (Å²) >= 11 is 0. The molecule has 4 atom stereocenters. The molecule has 0 aromatic carbocycles. The van der Waals surface area contributed by atoms with E-state index in [0.29, 0.717) is 18.9 Å². The maximum absolute atomic E-state index is 11.7. The molecule has 1 fully saturated rings. The van der Waals surface area contributed by atoms with Crippen molar-refractivity contribution in [3.8, 4) is 0 Å². The molecule has 0 spiro atoms. The number of carbonyl (C=O) groups excluding carboxylic acids is 1. The van der Waals surface area contributed by atoms with Gasteiger partial charge in [0, 0.05) is 12.3 Å². The molecule has 1 saturated carbocycles. The summed E-state index contributed by atoms with van der Waals surface area (Å²) in [4.78, 5) is 11.7. The van der Waals surface area contributed by atoms with Crippen LogP contribution in [-0.2, 0) is 14.1 Å². The Morgan fingerprint density at radius 3 is 2.86 bits per heavy atom. The molecule has 4 unspecified atom stereocenters. The Morgan fingerprint density at radius 1 is 1.64 bits per heavy atom. The summed E-state index contributed by atoms with van der Waals surface area (Å²) in [5.74, 6) is 0.304. The average molecular weight is 213 g/mol. The van der Waals surface area contributed by atoms with Crippen LogP contribution in [0.3, 0.4) is 0 Å². The fourth-order valence-electron chi connectivity index (χ4n) is 2.51. The zero-order chi connectivity index (χ0) is 10.2. The predicted molar refractivity (Wildman–Crippen MR) is 53.7 cm³/mol. The van der Waals surface area contributed by atoms with Crippen molar-refractivity contribution in [2.75, 3.05) is 6.61 Å². The van der Waals surface area contributed by atoms with E-state index < -0.39 is 13.6 Å². The van der Waals surface area contributed by atoms with Crippen LogP contribution in [0.25, 0.3) is 0 Å². The first-order valence-corrected chi connectivity index (χ1v) is 5.88. The van der Waals surface area contributed by atoms with Crippen molar-refractivity contribution >= 4 is 14.4 Å². The van der Waals surface area contributed by atoms with Crippen molar-refractivity contribution in [3.63, 3.8) is 0 Å². The Morgan fingerprint density at radius 2 is 2.43 bits per heavy atom. The molecule has 0 N–H and O–H groups in total. The summed E-state index contributed by atoms with van der Waals surface area (Å²) in [6, 6.07) is 0. The first kappa shape index (κ1) is 9.85. The van der Waals surface area contributed by atoms with Crippen LogP contribution in [0.1, 0.15) is 19.8 Å². The molecule has 76 valence electrons. The van der Waals surface area contributed by atoms with Crippen LogP contribution in [0.5, 0.6) is 0 Å². The number of ether oxygens (including phenoxy) is 1. The van der Waals surface area contributed by atoms with Gasteiger partial charge in [-0.2, -0.15) is 0 Å². The minimum atomic E-state index is -0.713. The highest BCUT2D eigenvalue weighted by atomic mass is 31.1. The van der Waals surface area contributed by atoms with Gasteiger partial charge in [-0.25, -0.2) is 4.79 Å². The standard InChI is InChI=1S/C10H13O3P/c1-2-13-9(11)10(14-12)6-7-3-4-8(10)5-7/h3-4,7-8H,2,5-6H2,1H3/p+1. The summed E-state index contributed by atoms with van der Waals surface area (Å²) in [6.45, 7) is 2.15. The fraction of sp³-hybridized carbons (Fsp3) is 0.700. The molecule has 2 rings (SSSR count). The van der Waals surface area contributed by atoms with Crippen LogP contribution in [0.4, 0.5) is 0 Å². The van der Waals surface area contributed by atoms with E-state index >= 15 is 0 Å². The molecule has 2 aliphatic carbocycles. The van der Waals surface area contributed by atoms with Crippen molar-refractivity contribution in [2.45, 2.75) is 24.9 Å². The third kappa shape index (κ3) is 1.23. The van der Waals surface area contributed by atoms with Crippen molar-refractivity contribution in [1.82, 2.24) is 0 Å². The van der Waals surface area contributed by atoms with Gasteiger partial charge in [0.15, 0.2) is 0 Å². The minimum absolute atomic E-state index is 0.141. The molecule has 14 heavy (non-hydrogen) atoms. The van der Waals surface area contributed by atoms with Crippen molar-refractivity contribution < 1.29 is 14.1 Å². The molecule has 0 radical (unpaired) electrons. The number of allylic oxidation sites excluding steroid dienone is 2. The van der Waals surface area contributed by atoms with E-state index in [2.05, 4.69) is 6.08 Å². The number of carbonyl (C=O) groups is 1. The van der Waals surface area contributed by atoms with Crippen molar-refractivity contribution in [1.29, 1.82) is 0 Å². The maximum Gasteiger partial charge on any atom is 0.361 e. The lowest BCUT2D eigenvalue weighted by molar-refractivity contribution is -0.147. The van der Waals surface area contributed by atoms with E-state index in [1.54, 1.807) is 6.92 Å². The van der Waals surface area contributed by atoms with Crippen LogP contribution in [0.15, 0.2) is 12.2 Å². The maximum atomic E-state index is 11.7. The Bertz CT molecular complexity index is 300. The van der Waals surface area contributed by atoms with Gasteiger partial charge >= 0.3 is 14.4 Å². The molecule has 0 amide bonds. The van der Waals surface area contributed by atoms with E-state index in [1.807, 2.05) is 6.08 Å². The van der Waals surface area contributed by atoms with E-state index in [1.165, 1.54) is 0 Å². The predicted octanol–water partition coefficient (Wildman–Crippen LogP) is 1.91. The zero-order valence-electron chi connectivity index (χ0n) is 8.16. The highest BCUT2D eigenvalue weighted by Gasteiger charge is 2.61. The minimum Gasteiger partial charge on any atom is -0.462 e. The van der Waals surface area contributed by atoms with Crippen LogP contribution < -0.4 is 0 Å². The zero-order valence-corrected chi connectivity index (χ0v) is 9.16. The second-order valence-electron chi connectivity index (χ2n) is 3.99. The molecular weight excluding hydrogens is 199 g/mol. The van der Waals surface area contributed by atoms with Crippen LogP contribution >= 0.6 is 8.46 Å². The van der Waals surface area contributed by atoms with Gasteiger partial charge in [0.25, 0.3) is 5.16 Å². The molecule has 3 nitrogen and oxygen atoms in total. The SMILES string of the molecule is CCOC(=O)C1([PH+]=O)CC2C=CC1C2. The first-order chi connectivity index (χ1) is 6.73. The average Bonchev–Trinajstić information content (AvgIpc) is 2.77. The van der Waals surface area contributed by atoms with Gasteiger partial charge in [-0.1, -0.05) is 16.7 Å². The largest absolute Gasteiger partial charge is 0.462 e. The Labute approximate surface area is 84.7 Å². The lowest BCUT2D eigenvalue weighted by Crippen LogP contribution is -2.38. The lowest BCUT2D eigenvalue weighted by atomic mass is 9.92. The summed E-state index contributed by atoms with van der Waals surface area (Å²) in [5, 5.41) is -0.713. The van der Waals surface area contributed by atoms with E-state index in [-0.39, 0.29) is 11.9 Å². The molecule has 4 heteroatoms. The van der Waals surface area contributed by atoms with Crippen LogP contribution in [0, 0.1) is 11.8 Å². The number of fused-ring (bicyclic) bond motifs is 2. The smallest absolute Gasteiger partial charge is 0.361 e. The number of esters is 1. The van der Waals surface area contributed by atoms with Gasteiger partial charge in [-0.3, -0.25) is 0 Å². The third-order valence-electron chi connectivity index (χ3n) is 3.21. The number of rotatable bonds is 3. The van der Waals surface area contributed by atoms with Gasteiger partial charge in [0.1, 0.15) is 0 Å². The highest BCUT2D eigenvalue weighted by molar-refractivity contribution is 7.28. The molecule has 0 saturated heterocycles.